The zero-order valence-corrected chi connectivity index (χ0v) is 14.2. The van der Waals surface area contributed by atoms with E-state index in [-0.39, 0.29) is 24.2 Å². The lowest BCUT2D eigenvalue weighted by atomic mass is 10.0. The number of rotatable bonds is 4. The predicted molar refractivity (Wildman–Crippen MR) is 89.3 cm³/mol. The van der Waals surface area contributed by atoms with E-state index in [1.807, 2.05) is 17.0 Å². The molecule has 3 rings (SSSR count). The number of carbonyl (C=O) groups excluding carboxylic acids is 1. The molecule has 0 radical (unpaired) electrons. The molecule has 0 saturated carbocycles. The van der Waals surface area contributed by atoms with Gasteiger partial charge in [-0.1, -0.05) is 24.3 Å². The minimum absolute atomic E-state index is 0.0147. The van der Waals surface area contributed by atoms with Crippen LogP contribution in [0.1, 0.15) is 49.8 Å². The van der Waals surface area contributed by atoms with Crippen molar-refractivity contribution in [2.45, 2.75) is 57.8 Å². The van der Waals surface area contributed by atoms with Crippen LogP contribution in [0.25, 0.3) is 0 Å². The Labute approximate surface area is 138 Å². The van der Waals surface area contributed by atoms with Crippen LogP contribution in [-0.4, -0.2) is 42.7 Å². The molecule has 4 heteroatoms. The monoisotopic (exact) mass is 317 g/mol. The fraction of sp³-hybridized carbons (Fsp3) is 0.632. The lowest BCUT2D eigenvalue weighted by Gasteiger charge is -2.39. The summed E-state index contributed by atoms with van der Waals surface area (Å²) in [5.74, 6) is 0.231. The number of aryl methyl sites for hydroxylation is 1. The maximum atomic E-state index is 12.6. The summed E-state index contributed by atoms with van der Waals surface area (Å²) in [7, 11) is 0. The maximum Gasteiger partial charge on any atom is 0.223 e. The van der Waals surface area contributed by atoms with Gasteiger partial charge in [0.1, 0.15) is 6.10 Å². The number of hydrogen-bond donors (Lipinski definition) is 0. The highest BCUT2D eigenvalue weighted by molar-refractivity contribution is 5.76. The SMILES string of the molecule is Cc1ccccc1[C@@H]1CN(C(=O)CC[C@@H]2CCCO2)[C@H](C)CO1. The molecule has 1 aromatic carbocycles. The summed E-state index contributed by atoms with van der Waals surface area (Å²) in [6.45, 7) is 6.27. The van der Waals surface area contributed by atoms with Crippen LogP contribution in [0, 0.1) is 6.92 Å². The van der Waals surface area contributed by atoms with Crippen molar-refractivity contribution in [3.8, 4) is 0 Å². The van der Waals surface area contributed by atoms with Crippen molar-refractivity contribution >= 4 is 5.91 Å². The van der Waals surface area contributed by atoms with Crippen LogP contribution in [-0.2, 0) is 14.3 Å². The van der Waals surface area contributed by atoms with E-state index < -0.39 is 0 Å². The Morgan fingerprint density at radius 2 is 2.13 bits per heavy atom. The van der Waals surface area contributed by atoms with E-state index in [2.05, 4.69) is 26.0 Å². The van der Waals surface area contributed by atoms with E-state index in [0.29, 0.717) is 19.6 Å². The molecule has 0 bridgehead atoms. The zero-order valence-electron chi connectivity index (χ0n) is 14.2. The number of amides is 1. The first kappa shape index (κ1) is 16.5. The van der Waals surface area contributed by atoms with Gasteiger partial charge >= 0.3 is 0 Å². The van der Waals surface area contributed by atoms with E-state index in [9.17, 15) is 4.79 Å². The van der Waals surface area contributed by atoms with Gasteiger partial charge in [0.15, 0.2) is 0 Å². The van der Waals surface area contributed by atoms with Crippen molar-refractivity contribution in [1.29, 1.82) is 0 Å². The quantitative estimate of drug-likeness (QED) is 0.856. The lowest BCUT2D eigenvalue weighted by Crippen LogP contribution is -2.48. The number of benzene rings is 1. The molecule has 2 heterocycles. The van der Waals surface area contributed by atoms with Gasteiger partial charge in [-0.15, -0.1) is 0 Å². The van der Waals surface area contributed by atoms with Crippen LogP contribution in [0.15, 0.2) is 24.3 Å². The molecule has 0 aromatic heterocycles. The lowest BCUT2D eigenvalue weighted by molar-refractivity contribution is -0.145. The summed E-state index contributed by atoms with van der Waals surface area (Å²) in [6.07, 6.45) is 3.91. The Balaban J connectivity index is 1.61. The summed E-state index contributed by atoms with van der Waals surface area (Å²) < 4.78 is 11.6. The summed E-state index contributed by atoms with van der Waals surface area (Å²) in [6, 6.07) is 8.42. The number of hydrogen-bond acceptors (Lipinski definition) is 3. The Morgan fingerprint density at radius 1 is 1.30 bits per heavy atom. The van der Waals surface area contributed by atoms with E-state index in [4.69, 9.17) is 9.47 Å². The molecule has 1 amide bonds. The second-order valence-corrected chi connectivity index (χ2v) is 6.75. The fourth-order valence-electron chi connectivity index (χ4n) is 3.54. The van der Waals surface area contributed by atoms with Crippen molar-refractivity contribution in [2.75, 3.05) is 19.8 Å². The first-order valence-corrected chi connectivity index (χ1v) is 8.73. The van der Waals surface area contributed by atoms with Crippen LogP contribution >= 0.6 is 0 Å². The third-order valence-corrected chi connectivity index (χ3v) is 4.99. The molecule has 4 nitrogen and oxygen atoms in total. The van der Waals surface area contributed by atoms with Gasteiger partial charge in [0.25, 0.3) is 0 Å². The van der Waals surface area contributed by atoms with Crippen LogP contribution in [0.5, 0.6) is 0 Å². The molecule has 126 valence electrons. The Morgan fingerprint density at radius 3 is 2.87 bits per heavy atom. The van der Waals surface area contributed by atoms with Crippen LogP contribution in [0.3, 0.4) is 0 Å². The molecule has 2 aliphatic rings. The standard InChI is InChI=1S/C19H27NO3/c1-14-6-3-4-8-17(14)18-12-20(15(2)13-23-18)19(21)10-9-16-7-5-11-22-16/h3-4,6,8,15-16,18H,5,7,9-13H2,1-2H3/t15-,16+,18+/m1/s1. The van der Waals surface area contributed by atoms with Crippen LogP contribution in [0.4, 0.5) is 0 Å². The summed E-state index contributed by atoms with van der Waals surface area (Å²) >= 11 is 0. The zero-order chi connectivity index (χ0) is 16.2. The first-order chi connectivity index (χ1) is 11.1. The van der Waals surface area contributed by atoms with Gasteiger partial charge in [0.05, 0.1) is 25.3 Å². The van der Waals surface area contributed by atoms with Crippen molar-refractivity contribution < 1.29 is 14.3 Å². The molecular formula is C19H27NO3. The highest BCUT2D eigenvalue weighted by Gasteiger charge is 2.31. The largest absolute Gasteiger partial charge is 0.378 e. The van der Waals surface area contributed by atoms with Gasteiger partial charge in [-0.2, -0.15) is 0 Å². The average Bonchev–Trinajstić information content (AvgIpc) is 3.07. The van der Waals surface area contributed by atoms with E-state index in [1.165, 1.54) is 11.1 Å². The second-order valence-electron chi connectivity index (χ2n) is 6.75. The van der Waals surface area contributed by atoms with Gasteiger partial charge < -0.3 is 14.4 Å². The topological polar surface area (TPSA) is 38.8 Å². The number of morpholine rings is 1. The predicted octanol–water partition coefficient (Wildman–Crippen LogP) is 3.24. The van der Waals surface area contributed by atoms with Gasteiger partial charge in [0, 0.05) is 13.0 Å². The molecule has 3 atom stereocenters. The van der Waals surface area contributed by atoms with Gasteiger partial charge in [-0.3, -0.25) is 4.79 Å². The smallest absolute Gasteiger partial charge is 0.223 e. The summed E-state index contributed by atoms with van der Waals surface area (Å²) in [5.41, 5.74) is 2.41. The van der Waals surface area contributed by atoms with Gasteiger partial charge in [-0.25, -0.2) is 0 Å². The molecule has 2 aliphatic heterocycles. The molecule has 1 aromatic rings. The number of carbonyl (C=O) groups is 1. The number of ether oxygens (including phenoxy) is 2. The van der Waals surface area contributed by atoms with Crippen molar-refractivity contribution in [1.82, 2.24) is 4.90 Å². The Bertz CT molecular complexity index is 539. The Hall–Kier alpha value is -1.39. The van der Waals surface area contributed by atoms with Crippen molar-refractivity contribution in [3.63, 3.8) is 0 Å². The fourth-order valence-corrected chi connectivity index (χ4v) is 3.54. The average molecular weight is 317 g/mol. The molecule has 2 saturated heterocycles. The van der Waals surface area contributed by atoms with Gasteiger partial charge in [0.2, 0.25) is 5.91 Å². The second kappa shape index (κ2) is 7.45. The normalized spacial score (nSPS) is 28.1. The van der Waals surface area contributed by atoms with E-state index in [1.54, 1.807) is 0 Å². The van der Waals surface area contributed by atoms with E-state index >= 15 is 0 Å². The van der Waals surface area contributed by atoms with E-state index in [0.717, 1.165) is 25.9 Å². The Kier molecular flexibility index (Phi) is 5.34. The number of nitrogens with zero attached hydrogens (tertiary/aromatic N) is 1. The first-order valence-electron chi connectivity index (χ1n) is 8.73. The van der Waals surface area contributed by atoms with Crippen LogP contribution < -0.4 is 0 Å². The van der Waals surface area contributed by atoms with Crippen molar-refractivity contribution in [3.05, 3.63) is 35.4 Å². The molecule has 2 fully saturated rings. The molecule has 0 N–H and O–H groups in total. The highest BCUT2D eigenvalue weighted by atomic mass is 16.5. The minimum atomic E-state index is -0.0147. The molecule has 0 unspecified atom stereocenters. The summed E-state index contributed by atoms with van der Waals surface area (Å²) in [4.78, 5) is 14.6. The molecule has 0 aliphatic carbocycles. The maximum absolute atomic E-state index is 12.6. The van der Waals surface area contributed by atoms with Crippen molar-refractivity contribution in [2.24, 2.45) is 0 Å². The molecular weight excluding hydrogens is 290 g/mol. The van der Waals surface area contributed by atoms with Crippen LogP contribution in [0.2, 0.25) is 0 Å². The highest BCUT2D eigenvalue weighted by Crippen LogP contribution is 2.28. The third kappa shape index (κ3) is 3.93. The minimum Gasteiger partial charge on any atom is -0.378 e. The summed E-state index contributed by atoms with van der Waals surface area (Å²) in [5, 5.41) is 0. The van der Waals surface area contributed by atoms with Gasteiger partial charge in [-0.05, 0) is 44.2 Å². The molecule has 23 heavy (non-hydrogen) atoms. The third-order valence-electron chi connectivity index (χ3n) is 4.99. The molecule has 0 spiro atoms.